The Morgan fingerprint density at radius 2 is 2.11 bits per heavy atom. The largest absolute Gasteiger partial charge is 0.346 e. The minimum absolute atomic E-state index is 0.0584. The molecule has 0 spiro atoms. The number of amides is 2. The third-order valence-electron chi connectivity index (χ3n) is 5.39. The SMILES string of the molecule is CCCC[NH+](C)CCNC(=O)c1ccc2c(c1)NC(=O)C([NH+]1CCCC1)S2. The number of quaternary nitrogens is 2. The highest BCUT2D eigenvalue weighted by molar-refractivity contribution is 8.00. The van der Waals surface area contributed by atoms with Crippen LogP contribution in [0, 0.1) is 0 Å². The van der Waals surface area contributed by atoms with Gasteiger partial charge in [-0.1, -0.05) is 25.1 Å². The van der Waals surface area contributed by atoms with Crippen LogP contribution in [0.1, 0.15) is 43.0 Å². The molecule has 2 aliphatic rings. The second-order valence-electron chi connectivity index (χ2n) is 7.63. The molecule has 6 nitrogen and oxygen atoms in total. The molecule has 0 bridgehead atoms. The normalized spacial score (nSPS) is 20.8. The second-order valence-corrected chi connectivity index (χ2v) is 8.78. The van der Waals surface area contributed by atoms with Crippen molar-refractivity contribution < 1.29 is 19.4 Å². The van der Waals surface area contributed by atoms with Crippen LogP contribution in [-0.2, 0) is 4.79 Å². The average Bonchev–Trinajstić information content (AvgIpc) is 3.19. The second kappa shape index (κ2) is 9.57. The van der Waals surface area contributed by atoms with Crippen LogP contribution in [0.2, 0.25) is 0 Å². The highest BCUT2D eigenvalue weighted by Crippen LogP contribution is 2.34. The lowest BCUT2D eigenvalue weighted by Gasteiger charge is -2.28. The van der Waals surface area contributed by atoms with Crippen LogP contribution in [-0.4, -0.2) is 57.0 Å². The Kier molecular flexibility index (Phi) is 7.15. The number of carbonyl (C=O) groups excluding carboxylic acids is 2. The van der Waals surface area contributed by atoms with Gasteiger partial charge in [0, 0.05) is 23.3 Å². The summed E-state index contributed by atoms with van der Waals surface area (Å²) in [5, 5.41) is 5.94. The van der Waals surface area contributed by atoms with Crippen molar-refractivity contribution in [2.24, 2.45) is 0 Å². The predicted octanol–water partition coefficient (Wildman–Crippen LogP) is -0.220. The van der Waals surface area contributed by atoms with Crippen LogP contribution in [0.5, 0.6) is 0 Å². The van der Waals surface area contributed by atoms with E-state index in [0.29, 0.717) is 12.1 Å². The molecule has 0 aliphatic carbocycles. The number of fused-ring (bicyclic) bond motifs is 1. The molecular weight excluding hydrogens is 360 g/mol. The Bertz CT molecular complexity index is 676. The standard InChI is InChI=1S/C20H30N4O2S/c1-3-4-10-23(2)13-9-21-18(25)15-7-8-17-16(14-15)22-19(26)20(27-17)24-11-5-6-12-24/h7-8,14,20H,3-6,9-13H2,1-2H3,(H,21,25)(H,22,26)/p+2. The summed E-state index contributed by atoms with van der Waals surface area (Å²) in [4.78, 5) is 28.8. The van der Waals surface area contributed by atoms with Gasteiger partial charge in [-0.25, -0.2) is 0 Å². The van der Waals surface area contributed by atoms with E-state index in [-0.39, 0.29) is 17.2 Å². The fourth-order valence-corrected chi connectivity index (χ4v) is 4.91. The van der Waals surface area contributed by atoms with Gasteiger partial charge in [0.25, 0.3) is 11.8 Å². The van der Waals surface area contributed by atoms with Crippen molar-refractivity contribution in [3.63, 3.8) is 0 Å². The Hall–Kier alpha value is -1.57. The molecule has 2 atom stereocenters. The number of unbranched alkanes of at least 4 members (excludes halogenated alkanes) is 1. The number of rotatable bonds is 8. The molecule has 0 radical (unpaired) electrons. The minimum Gasteiger partial charge on any atom is -0.346 e. The Morgan fingerprint density at radius 3 is 2.85 bits per heavy atom. The molecule has 1 fully saturated rings. The van der Waals surface area contributed by atoms with Crippen LogP contribution in [0.4, 0.5) is 5.69 Å². The average molecular weight is 393 g/mol. The van der Waals surface area contributed by atoms with Crippen molar-refractivity contribution >= 4 is 29.3 Å². The molecule has 27 heavy (non-hydrogen) atoms. The maximum atomic E-state index is 12.5. The van der Waals surface area contributed by atoms with Crippen molar-refractivity contribution in [1.29, 1.82) is 0 Å². The zero-order chi connectivity index (χ0) is 19.2. The summed E-state index contributed by atoms with van der Waals surface area (Å²) >= 11 is 1.63. The van der Waals surface area contributed by atoms with E-state index in [4.69, 9.17) is 0 Å². The molecule has 2 heterocycles. The topological polar surface area (TPSA) is 67.1 Å². The highest BCUT2D eigenvalue weighted by Gasteiger charge is 2.37. The van der Waals surface area contributed by atoms with E-state index in [1.165, 1.54) is 35.5 Å². The van der Waals surface area contributed by atoms with Crippen LogP contribution in [0.15, 0.2) is 23.1 Å². The lowest BCUT2D eigenvalue weighted by molar-refractivity contribution is -0.888. The van der Waals surface area contributed by atoms with Gasteiger partial charge in [0.05, 0.1) is 45.5 Å². The maximum absolute atomic E-state index is 12.5. The van der Waals surface area contributed by atoms with E-state index < -0.39 is 0 Å². The quantitative estimate of drug-likeness (QED) is 0.495. The van der Waals surface area contributed by atoms with Crippen molar-refractivity contribution in [1.82, 2.24) is 5.32 Å². The fraction of sp³-hybridized carbons (Fsp3) is 0.600. The van der Waals surface area contributed by atoms with E-state index in [0.717, 1.165) is 36.8 Å². The number of carbonyl (C=O) groups is 2. The van der Waals surface area contributed by atoms with Crippen molar-refractivity contribution in [2.45, 2.75) is 42.9 Å². The molecule has 1 aromatic carbocycles. The molecule has 0 saturated carbocycles. The van der Waals surface area contributed by atoms with Crippen molar-refractivity contribution in [2.75, 3.05) is 45.1 Å². The molecule has 0 aromatic heterocycles. The smallest absolute Gasteiger partial charge is 0.294 e. The van der Waals surface area contributed by atoms with Crippen molar-refractivity contribution in [3.8, 4) is 0 Å². The molecule has 2 aliphatic heterocycles. The zero-order valence-electron chi connectivity index (χ0n) is 16.4. The van der Waals surface area contributed by atoms with Gasteiger partial charge in [-0.2, -0.15) is 0 Å². The summed E-state index contributed by atoms with van der Waals surface area (Å²) < 4.78 is 0. The number of likely N-dealkylation sites (N-methyl/N-ethyl adjacent to an activating group) is 1. The van der Waals surface area contributed by atoms with E-state index >= 15 is 0 Å². The minimum atomic E-state index is -0.0763. The molecule has 3 rings (SSSR count). The van der Waals surface area contributed by atoms with E-state index in [2.05, 4.69) is 24.6 Å². The van der Waals surface area contributed by atoms with Gasteiger partial charge in [-0.05, 0) is 24.6 Å². The number of thioether (sulfide) groups is 1. The summed E-state index contributed by atoms with van der Waals surface area (Å²) in [7, 11) is 2.16. The van der Waals surface area contributed by atoms with Crippen molar-refractivity contribution in [3.05, 3.63) is 23.8 Å². The Labute approximate surface area is 166 Å². The highest BCUT2D eigenvalue weighted by atomic mass is 32.2. The first-order chi connectivity index (χ1) is 13.1. The summed E-state index contributed by atoms with van der Waals surface area (Å²) in [5.74, 6) is -0.0178. The fourth-order valence-electron chi connectivity index (χ4n) is 3.71. The summed E-state index contributed by atoms with van der Waals surface area (Å²) in [5.41, 5.74) is 1.37. The Balaban J connectivity index is 1.55. The van der Waals surface area contributed by atoms with Gasteiger partial charge >= 0.3 is 0 Å². The van der Waals surface area contributed by atoms with Crippen LogP contribution < -0.4 is 20.4 Å². The zero-order valence-corrected chi connectivity index (χ0v) is 17.2. The lowest BCUT2D eigenvalue weighted by atomic mass is 10.2. The van der Waals surface area contributed by atoms with Gasteiger partial charge in [0.2, 0.25) is 5.37 Å². The number of benzene rings is 1. The number of hydrogen-bond acceptors (Lipinski definition) is 3. The van der Waals surface area contributed by atoms with Gasteiger partial charge in [-0.3, -0.25) is 9.59 Å². The molecule has 2 unspecified atom stereocenters. The molecule has 148 valence electrons. The summed E-state index contributed by atoms with van der Waals surface area (Å²) in [6.07, 6.45) is 4.80. The lowest BCUT2D eigenvalue weighted by Crippen LogP contribution is -3.14. The van der Waals surface area contributed by atoms with E-state index in [1.54, 1.807) is 17.8 Å². The molecular formula is C20H32N4O2S+2. The molecule has 4 N–H and O–H groups in total. The van der Waals surface area contributed by atoms with Crippen LogP contribution >= 0.6 is 11.8 Å². The first-order valence-electron chi connectivity index (χ1n) is 10.1. The third-order valence-corrected chi connectivity index (χ3v) is 6.79. The molecule has 2 amide bonds. The van der Waals surface area contributed by atoms with Gasteiger partial charge in [0.15, 0.2) is 0 Å². The summed E-state index contributed by atoms with van der Waals surface area (Å²) in [6, 6.07) is 5.64. The van der Waals surface area contributed by atoms with E-state index in [1.807, 2.05) is 12.1 Å². The van der Waals surface area contributed by atoms with Gasteiger partial charge < -0.3 is 20.4 Å². The first kappa shape index (κ1) is 20.2. The molecule has 1 aromatic rings. The molecule has 1 saturated heterocycles. The number of likely N-dealkylation sites (tertiary alicyclic amines) is 1. The number of hydrogen-bond donors (Lipinski definition) is 4. The number of anilines is 1. The Morgan fingerprint density at radius 1 is 1.33 bits per heavy atom. The van der Waals surface area contributed by atoms with Gasteiger partial charge in [0.1, 0.15) is 0 Å². The third kappa shape index (κ3) is 5.24. The van der Waals surface area contributed by atoms with Crippen LogP contribution in [0.3, 0.4) is 0 Å². The molecule has 7 heteroatoms. The first-order valence-corrected chi connectivity index (χ1v) is 11.0. The van der Waals surface area contributed by atoms with E-state index in [9.17, 15) is 9.59 Å². The summed E-state index contributed by atoms with van der Waals surface area (Å²) in [6.45, 7) is 7.03. The van der Waals surface area contributed by atoms with Gasteiger partial charge in [-0.15, -0.1) is 0 Å². The number of nitrogens with one attached hydrogen (secondary N) is 4. The maximum Gasteiger partial charge on any atom is 0.294 e. The predicted molar refractivity (Wildman–Crippen MR) is 109 cm³/mol. The monoisotopic (exact) mass is 392 g/mol. The van der Waals surface area contributed by atoms with Crippen LogP contribution in [0.25, 0.3) is 0 Å².